The summed E-state index contributed by atoms with van der Waals surface area (Å²) in [5.74, 6) is 2.73. The molecule has 0 aromatic carbocycles. The van der Waals surface area contributed by atoms with E-state index in [2.05, 4.69) is 0 Å². The van der Waals surface area contributed by atoms with Crippen LogP contribution in [0.3, 0.4) is 0 Å². The van der Waals surface area contributed by atoms with Crippen LogP contribution in [-0.2, 0) is 0 Å². The third-order valence-electron chi connectivity index (χ3n) is 0.842. The van der Waals surface area contributed by atoms with E-state index in [9.17, 15) is 0 Å². The van der Waals surface area contributed by atoms with E-state index < -0.39 is 20.0 Å². The SMILES string of the molecule is [NH2][Sn][S]C1CSC1. The molecule has 1 heterocycles. The van der Waals surface area contributed by atoms with Gasteiger partial charge in [-0.25, -0.2) is 0 Å². The molecule has 0 unspecified atom stereocenters. The molecule has 7 heavy (non-hydrogen) atoms. The summed E-state index contributed by atoms with van der Waals surface area (Å²) in [5.41, 5.74) is 0. The quantitative estimate of drug-likeness (QED) is 0.704. The van der Waals surface area contributed by atoms with Crippen molar-refractivity contribution in [3.63, 3.8) is 0 Å². The Balaban J connectivity index is 1.93. The molecule has 1 aliphatic heterocycles. The molecule has 1 nitrogen and oxygen atoms in total. The normalized spacial score (nSPS) is 21.9. The molecule has 0 spiro atoms. The van der Waals surface area contributed by atoms with Crippen LogP contribution in [-0.4, -0.2) is 36.8 Å². The first-order valence-electron chi connectivity index (χ1n) is 2.12. The third-order valence-corrected chi connectivity index (χ3v) is 7.36. The summed E-state index contributed by atoms with van der Waals surface area (Å²) in [6, 6.07) is 0. The van der Waals surface area contributed by atoms with Gasteiger partial charge in [-0.1, -0.05) is 0 Å². The maximum atomic E-state index is 5.46. The molecule has 0 aromatic rings. The van der Waals surface area contributed by atoms with E-state index in [-0.39, 0.29) is 0 Å². The number of hydrogen-bond donors (Lipinski definition) is 1. The Bertz CT molecular complexity index is 56.9. The summed E-state index contributed by atoms with van der Waals surface area (Å²) < 4.78 is 5.46. The van der Waals surface area contributed by atoms with Crippen LogP contribution in [0.5, 0.6) is 0 Å². The summed E-state index contributed by atoms with van der Waals surface area (Å²) in [6.07, 6.45) is 0. The molecule has 1 aliphatic rings. The maximum absolute atomic E-state index is 5.46. The molecule has 2 radical (unpaired) electrons. The van der Waals surface area contributed by atoms with E-state index in [1.807, 2.05) is 20.7 Å². The van der Waals surface area contributed by atoms with Gasteiger partial charge >= 0.3 is 61.5 Å². The van der Waals surface area contributed by atoms with Crippen LogP contribution in [0.4, 0.5) is 0 Å². The van der Waals surface area contributed by atoms with Gasteiger partial charge in [-0.15, -0.1) is 0 Å². The first-order chi connectivity index (χ1) is 3.43. The summed E-state index contributed by atoms with van der Waals surface area (Å²) in [5, 5.41) is 0.960. The molecule has 0 saturated carbocycles. The van der Waals surface area contributed by atoms with Gasteiger partial charge in [0.25, 0.3) is 0 Å². The molecule has 0 aromatic heterocycles. The van der Waals surface area contributed by atoms with Crippen molar-refractivity contribution >= 4 is 40.7 Å². The molecule has 1 saturated heterocycles. The molecule has 0 aliphatic carbocycles. The molecular formula is C3H7NS2Sn. The summed E-state index contributed by atoms with van der Waals surface area (Å²) >= 11 is 1.62. The van der Waals surface area contributed by atoms with Gasteiger partial charge in [0, 0.05) is 0 Å². The third kappa shape index (κ3) is 2.03. The second kappa shape index (κ2) is 3.48. The predicted octanol–water partition coefficient (Wildman–Crippen LogP) is 0.328. The molecule has 0 bridgehead atoms. The fraction of sp³-hybridized carbons (Fsp3) is 1.00. The number of rotatable bonds is 2. The van der Waals surface area contributed by atoms with Gasteiger partial charge in [0.2, 0.25) is 0 Å². The van der Waals surface area contributed by atoms with Gasteiger partial charge in [0.15, 0.2) is 0 Å². The van der Waals surface area contributed by atoms with Gasteiger partial charge < -0.3 is 0 Å². The first-order valence-corrected chi connectivity index (χ1v) is 9.30. The zero-order chi connectivity index (χ0) is 5.11. The van der Waals surface area contributed by atoms with E-state index >= 15 is 0 Å². The van der Waals surface area contributed by atoms with Gasteiger partial charge in [-0.2, -0.15) is 0 Å². The van der Waals surface area contributed by atoms with Crippen LogP contribution >= 0.6 is 20.7 Å². The Morgan fingerprint density at radius 3 is 2.57 bits per heavy atom. The van der Waals surface area contributed by atoms with Crippen LogP contribution in [0.1, 0.15) is 0 Å². The first kappa shape index (κ1) is 6.58. The van der Waals surface area contributed by atoms with Gasteiger partial charge in [-0.05, 0) is 0 Å². The molecule has 0 amide bonds. The molecule has 1 rings (SSSR count). The van der Waals surface area contributed by atoms with Crippen molar-refractivity contribution in [3.8, 4) is 0 Å². The molecule has 1 fully saturated rings. The van der Waals surface area contributed by atoms with Crippen molar-refractivity contribution in [1.82, 2.24) is 0 Å². The Labute approximate surface area is 61.2 Å². The summed E-state index contributed by atoms with van der Waals surface area (Å²) in [4.78, 5) is 0. The van der Waals surface area contributed by atoms with E-state index in [0.717, 1.165) is 5.25 Å². The monoisotopic (exact) mass is 241 g/mol. The standard InChI is InChI=1S/C3H6S2.H2N.Sn/c4-3-1-5-2-3;;/h3-4H,1-2H2;1H2;/q;-1;+2/p-1. The fourth-order valence-corrected chi connectivity index (χ4v) is 7.26. The van der Waals surface area contributed by atoms with Crippen molar-refractivity contribution in [2.45, 2.75) is 5.25 Å². The predicted molar refractivity (Wildman–Crippen MR) is 38.6 cm³/mol. The van der Waals surface area contributed by atoms with Crippen LogP contribution in [0, 0.1) is 0 Å². The molecule has 0 atom stereocenters. The van der Waals surface area contributed by atoms with Crippen molar-refractivity contribution in [1.29, 1.82) is 0 Å². The summed E-state index contributed by atoms with van der Waals surface area (Å²) in [6.45, 7) is 0. The summed E-state index contributed by atoms with van der Waals surface area (Å²) in [7, 11) is 2.04. The topological polar surface area (TPSA) is 26.0 Å². The van der Waals surface area contributed by atoms with E-state index in [1.54, 1.807) is 0 Å². The van der Waals surface area contributed by atoms with E-state index in [0.29, 0.717) is 0 Å². The minimum absolute atomic E-state index is 0.411. The average Bonchev–Trinajstić information content (AvgIpc) is 1.55. The second-order valence-corrected chi connectivity index (χ2v) is 7.64. The fourth-order valence-electron chi connectivity index (χ4n) is 0.378. The van der Waals surface area contributed by atoms with Gasteiger partial charge in [0.1, 0.15) is 0 Å². The van der Waals surface area contributed by atoms with Crippen LogP contribution < -0.4 is 3.96 Å². The molecule has 2 N–H and O–H groups in total. The number of hydrogen-bond acceptors (Lipinski definition) is 3. The Hall–Kier alpha value is 1.46. The Morgan fingerprint density at radius 2 is 2.43 bits per heavy atom. The second-order valence-electron chi connectivity index (χ2n) is 1.40. The van der Waals surface area contributed by atoms with Crippen LogP contribution in [0.2, 0.25) is 0 Å². The van der Waals surface area contributed by atoms with E-state index in [1.165, 1.54) is 11.5 Å². The molecule has 4 heteroatoms. The molecule has 40 valence electrons. The minimum atomic E-state index is -0.411. The van der Waals surface area contributed by atoms with E-state index in [4.69, 9.17) is 3.96 Å². The Morgan fingerprint density at radius 1 is 1.71 bits per heavy atom. The van der Waals surface area contributed by atoms with Crippen molar-refractivity contribution in [2.75, 3.05) is 11.5 Å². The van der Waals surface area contributed by atoms with Crippen molar-refractivity contribution in [3.05, 3.63) is 0 Å². The van der Waals surface area contributed by atoms with Gasteiger partial charge in [-0.3, -0.25) is 0 Å². The zero-order valence-corrected chi connectivity index (χ0v) is 8.37. The van der Waals surface area contributed by atoms with Crippen LogP contribution in [0.15, 0.2) is 0 Å². The van der Waals surface area contributed by atoms with Gasteiger partial charge in [0.05, 0.1) is 0 Å². The number of nitrogens with two attached hydrogens (primary N) is 1. The van der Waals surface area contributed by atoms with Crippen molar-refractivity contribution < 1.29 is 0 Å². The Kier molecular flexibility index (Phi) is 3.27. The zero-order valence-electron chi connectivity index (χ0n) is 3.89. The molecular weight excluding hydrogens is 233 g/mol. The average molecular weight is 240 g/mol. The van der Waals surface area contributed by atoms with Crippen molar-refractivity contribution in [2.24, 2.45) is 3.96 Å². The number of thioether (sulfide) groups is 1. The van der Waals surface area contributed by atoms with Crippen LogP contribution in [0.25, 0.3) is 0 Å².